The van der Waals surface area contributed by atoms with Crippen LogP contribution in [0.1, 0.15) is 47.1 Å². The molecule has 1 atom stereocenters. The van der Waals surface area contributed by atoms with Gasteiger partial charge in [-0.1, -0.05) is 30.4 Å². The minimum Gasteiger partial charge on any atom is -0.427 e. The predicted octanol–water partition coefficient (Wildman–Crippen LogP) is 3.80. The molecule has 0 aliphatic carbocycles. The van der Waals surface area contributed by atoms with Crippen LogP contribution in [-0.4, -0.2) is 34.5 Å². The van der Waals surface area contributed by atoms with Crippen molar-refractivity contribution in [3.63, 3.8) is 0 Å². The fraction of sp³-hybridized carbons (Fsp3) is 0.261. The minimum absolute atomic E-state index is 0.0490. The molecule has 3 aromatic rings. The Labute approximate surface area is 189 Å². The van der Waals surface area contributed by atoms with Gasteiger partial charge in [0.05, 0.1) is 0 Å². The normalized spacial score (nSPS) is 15.6. The number of hydrogen-bond acceptors (Lipinski definition) is 7. The molecule has 1 saturated heterocycles. The molecule has 2 amide bonds. The number of anilines is 2. The first kappa shape index (κ1) is 21.6. The number of aryl methyl sites for hydroxylation is 1. The van der Waals surface area contributed by atoms with Crippen LogP contribution in [0.15, 0.2) is 48.5 Å². The Morgan fingerprint density at radius 2 is 1.84 bits per heavy atom. The molecule has 0 radical (unpaired) electrons. The van der Waals surface area contributed by atoms with Crippen molar-refractivity contribution in [3.8, 4) is 5.75 Å². The van der Waals surface area contributed by atoms with Crippen LogP contribution in [-0.2, 0) is 16.0 Å². The van der Waals surface area contributed by atoms with Gasteiger partial charge in [-0.05, 0) is 48.4 Å². The average Bonchev–Trinajstić information content (AvgIpc) is 3.40. The van der Waals surface area contributed by atoms with Gasteiger partial charge >= 0.3 is 5.97 Å². The van der Waals surface area contributed by atoms with E-state index >= 15 is 0 Å². The van der Waals surface area contributed by atoms with Crippen molar-refractivity contribution in [2.75, 3.05) is 16.8 Å². The van der Waals surface area contributed by atoms with Crippen molar-refractivity contribution in [3.05, 3.63) is 64.7 Å². The summed E-state index contributed by atoms with van der Waals surface area (Å²) in [6.07, 6.45) is 1.31. The molecule has 4 rings (SSSR count). The van der Waals surface area contributed by atoms with Crippen molar-refractivity contribution < 1.29 is 19.1 Å². The van der Waals surface area contributed by atoms with Crippen LogP contribution in [0.4, 0.5) is 10.8 Å². The molecule has 2 aromatic carbocycles. The van der Waals surface area contributed by atoms with Crippen LogP contribution in [0, 0.1) is 0 Å². The molecular weight excluding hydrogens is 428 g/mol. The second kappa shape index (κ2) is 9.27. The molecule has 0 saturated carbocycles. The van der Waals surface area contributed by atoms with Crippen LogP contribution in [0.5, 0.6) is 5.75 Å². The first-order valence-electron chi connectivity index (χ1n) is 10.3. The third-order valence-electron chi connectivity index (χ3n) is 5.17. The summed E-state index contributed by atoms with van der Waals surface area (Å²) in [6.45, 7) is 3.94. The van der Waals surface area contributed by atoms with Gasteiger partial charge in [0.25, 0.3) is 5.91 Å². The van der Waals surface area contributed by atoms with Gasteiger partial charge in [0, 0.05) is 37.1 Å². The quantitative estimate of drug-likeness (QED) is 0.453. The molecule has 1 fully saturated rings. The van der Waals surface area contributed by atoms with Gasteiger partial charge in [0.2, 0.25) is 11.0 Å². The van der Waals surface area contributed by atoms with E-state index in [2.05, 4.69) is 22.4 Å². The lowest BCUT2D eigenvalue weighted by molar-refractivity contribution is -0.131. The molecule has 1 unspecified atom stereocenters. The zero-order valence-electron chi connectivity index (χ0n) is 17.7. The Hall–Kier alpha value is -3.59. The van der Waals surface area contributed by atoms with E-state index in [1.54, 1.807) is 29.2 Å². The number of rotatable bonds is 6. The van der Waals surface area contributed by atoms with Gasteiger partial charge < -0.3 is 9.64 Å². The summed E-state index contributed by atoms with van der Waals surface area (Å²) >= 11 is 1.27. The van der Waals surface area contributed by atoms with E-state index in [9.17, 15) is 14.4 Å². The number of ether oxygens (including phenoxy) is 1. The molecule has 0 bridgehead atoms. The molecule has 164 valence electrons. The Morgan fingerprint density at radius 1 is 1.12 bits per heavy atom. The van der Waals surface area contributed by atoms with Crippen LogP contribution < -0.4 is 15.0 Å². The fourth-order valence-corrected chi connectivity index (χ4v) is 4.32. The summed E-state index contributed by atoms with van der Waals surface area (Å²) in [5, 5.41) is 12.1. The molecule has 0 spiro atoms. The highest BCUT2D eigenvalue weighted by Gasteiger charge is 2.34. The van der Waals surface area contributed by atoms with Gasteiger partial charge in [0.15, 0.2) is 0 Å². The maximum Gasteiger partial charge on any atom is 0.308 e. The van der Waals surface area contributed by atoms with E-state index in [0.29, 0.717) is 34.4 Å². The number of hydrogen-bond donors (Lipinski definition) is 1. The van der Waals surface area contributed by atoms with E-state index in [4.69, 9.17) is 4.74 Å². The van der Waals surface area contributed by atoms with Gasteiger partial charge in [-0.2, -0.15) is 0 Å². The molecule has 2 heterocycles. The molecular formula is C23H22N4O4S. The number of nitrogens with one attached hydrogen (secondary N) is 1. The first-order chi connectivity index (χ1) is 15.4. The van der Waals surface area contributed by atoms with Gasteiger partial charge in [0.1, 0.15) is 10.8 Å². The van der Waals surface area contributed by atoms with Gasteiger partial charge in [-0.15, -0.1) is 10.2 Å². The topological polar surface area (TPSA) is 101 Å². The summed E-state index contributed by atoms with van der Waals surface area (Å²) in [5.74, 6) is -0.424. The summed E-state index contributed by atoms with van der Waals surface area (Å²) in [6, 6.07) is 14.2. The largest absolute Gasteiger partial charge is 0.427 e. The van der Waals surface area contributed by atoms with Crippen LogP contribution in [0.2, 0.25) is 0 Å². The SMILES string of the molecule is CCc1ccc(N2CC(c3nnc(NC(=O)c4ccc(OC(C)=O)cc4)s3)CC2=O)cc1. The lowest BCUT2D eigenvalue weighted by atomic mass is 10.1. The summed E-state index contributed by atoms with van der Waals surface area (Å²) in [5.41, 5.74) is 2.50. The lowest BCUT2D eigenvalue weighted by Crippen LogP contribution is -2.24. The van der Waals surface area contributed by atoms with Crippen molar-refractivity contribution in [1.82, 2.24) is 10.2 Å². The average molecular weight is 451 g/mol. The van der Waals surface area contributed by atoms with Crippen LogP contribution in [0.25, 0.3) is 0 Å². The summed E-state index contributed by atoms with van der Waals surface area (Å²) in [7, 11) is 0. The maximum absolute atomic E-state index is 12.6. The highest BCUT2D eigenvalue weighted by molar-refractivity contribution is 7.15. The standard InChI is InChI=1S/C23H22N4O4S/c1-3-15-4-8-18(9-5-15)27-13-17(12-20(27)29)22-25-26-23(32-22)24-21(30)16-6-10-19(11-7-16)31-14(2)28/h4-11,17H,3,12-13H2,1-2H3,(H,24,26,30). The monoisotopic (exact) mass is 450 g/mol. The number of carbonyl (C=O) groups is 3. The first-order valence-corrected chi connectivity index (χ1v) is 11.1. The van der Waals surface area contributed by atoms with E-state index in [1.807, 2.05) is 24.3 Å². The third-order valence-corrected chi connectivity index (χ3v) is 6.17. The smallest absolute Gasteiger partial charge is 0.308 e. The van der Waals surface area contributed by atoms with Gasteiger partial charge in [-0.25, -0.2) is 0 Å². The third kappa shape index (κ3) is 4.83. The molecule has 1 aliphatic heterocycles. The van der Waals surface area contributed by atoms with Crippen molar-refractivity contribution >= 4 is 39.9 Å². The lowest BCUT2D eigenvalue weighted by Gasteiger charge is -2.16. The Bertz CT molecular complexity index is 1140. The zero-order valence-corrected chi connectivity index (χ0v) is 18.5. The molecule has 1 aliphatic rings. The molecule has 1 N–H and O–H groups in total. The van der Waals surface area contributed by atoms with E-state index in [1.165, 1.54) is 23.8 Å². The number of carbonyl (C=O) groups excluding carboxylic acids is 3. The molecule has 32 heavy (non-hydrogen) atoms. The number of nitrogens with zero attached hydrogens (tertiary/aromatic N) is 3. The predicted molar refractivity (Wildman–Crippen MR) is 121 cm³/mol. The van der Waals surface area contributed by atoms with E-state index in [0.717, 1.165) is 12.1 Å². The number of aromatic nitrogens is 2. The Morgan fingerprint density at radius 3 is 2.50 bits per heavy atom. The number of esters is 1. The fourth-order valence-electron chi connectivity index (χ4n) is 3.49. The van der Waals surface area contributed by atoms with Crippen molar-refractivity contribution in [1.29, 1.82) is 0 Å². The summed E-state index contributed by atoms with van der Waals surface area (Å²) in [4.78, 5) is 37.8. The highest BCUT2D eigenvalue weighted by Crippen LogP contribution is 2.34. The molecule has 8 nitrogen and oxygen atoms in total. The molecule has 1 aromatic heterocycles. The molecule has 9 heteroatoms. The maximum atomic E-state index is 12.6. The number of amides is 2. The van der Waals surface area contributed by atoms with Crippen LogP contribution >= 0.6 is 11.3 Å². The highest BCUT2D eigenvalue weighted by atomic mass is 32.1. The Kier molecular flexibility index (Phi) is 6.27. The zero-order chi connectivity index (χ0) is 22.7. The second-order valence-electron chi connectivity index (χ2n) is 7.44. The van der Waals surface area contributed by atoms with Crippen molar-refractivity contribution in [2.45, 2.75) is 32.6 Å². The van der Waals surface area contributed by atoms with Crippen molar-refractivity contribution in [2.24, 2.45) is 0 Å². The van der Waals surface area contributed by atoms with Gasteiger partial charge in [-0.3, -0.25) is 19.7 Å². The van der Waals surface area contributed by atoms with E-state index in [-0.39, 0.29) is 17.7 Å². The van der Waals surface area contributed by atoms with Crippen LogP contribution in [0.3, 0.4) is 0 Å². The minimum atomic E-state index is -0.425. The van der Waals surface area contributed by atoms with E-state index < -0.39 is 5.97 Å². The second-order valence-corrected chi connectivity index (χ2v) is 8.45. The number of benzene rings is 2. The summed E-state index contributed by atoms with van der Waals surface area (Å²) < 4.78 is 4.97. The Balaban J connectivity index is 1.39.